The Labute approximate surface area is 112 Å². The fraction of sp³-hybridized carbons (Fsp3) is 0.250. The number of nitrogens with zero attached hydrogens (tertiary/aromatic N) is 2. The summed E-state index contributed by atoms with van der Waals surface area (Å²) in [5, 5.41) is 15.9. The van der Waals surface area contributed by atoms with Gasteiger partial charge in [0.1, 0.15) is 5.75 Å². The molecule has 2 rings (SSSR count). The molecule has 0 unspecified atom stereocenters. The lowest BCUT2D eigenvalue weighted by Crippen LogP contribution is -2.03. The van der Waals surface area contributed by atoms with Crippen LogP contribution in [0.5, 0.6) is 5.75 Å². The molecule has 1 N–H and O–H groups in total. The van der Waals surface area contributed by atoms with Crippen LogP contribution in [0.4, 0.5) is 8.78 Å². The Balaban J connectivity index is 2.21. The van der Waals surface area contributed by atoms with Crippen LogP contribution < -0.4 is 4.74 Å². The standard InChI is InChI=1S/C12H10F2N2O4/c13-12(14)19-8-4-2-1-3-7(8)11-16-15-9(20-11)5-6-10(17)18/h1-4,12H,5-6H2,(H,17,18). The van der Waals surface area contributed by atoms with Crippen molar-refractivity contribution in [2.75, 3.05) is 0 Å². The lowest BCUT2D eigenvalue weighted by Gasteiger charge is -2.07. The Kier molecular flexibility index (Phi) is 4.24. The zero-order valence-electron chi connectivity index (χ0n) is 10.1. The molecule has 1 aromatic heterocycles. The van der Waals surface area contributed by atoms with Gasteiger partial charge in [0.2, 0.25) is 5.89 Å². The first-order valence-corrected chi connectivity index (χ1v) is 5.64. The lowest BCUT2D eigenvalue weighted by atomic mass is 10.2. The fourth-order valence-electron chi connectivity index (χ4n) is 1.52. The van der Waals surface area contributed by atoms with Gasteiger partial charge in [0, 0.05) is 6.42 Å². The maximum Gasteiger partial charge on any atom is 0.387 e. The van der Waals surface area contributed by atoms with E-state index in [1.54, 1.807) is 6.07 Å². The molecular formula is C12H10F2N2O4. The summed E-state index contributed by atoms with van der Waals surface area (Å²) in [7, 11) is 0. The largest absolute Gasteiger partial charge is 0.481 e. The Morgan fingerprint density at radius 1 is 1.35 bits per heavy atom. The molecule has 6 nitrogen and oxygen atoms in total. The van der Waals surface area contributed by atoms with Crippen molar-refractivity contribution in [3.63, 3.8) is 0 Å². The second kappa shape index (κ2) is 6.09. The fourth-order valence-corrected chi connectivity index (χ4v) is 1.52. The summed E-state index contributed by atoms with van der Waals surface area (Å²) in [4.78, 5) is 10.4. The van der Waals surface area contributed by atoms with Gasteiger partial charge < -0.3 is 14.3 Å². The first-order valence-electron chi connectivity index (χ1n) is 5.64. The third-order valence-electron chi connectivity index (χ3n) is 2.35. The van der Waals surface area contributed by atoms with E-state index in [1.807, 2.05) is 0 Å². The predicted octanol–water partition coefficient (Wildman–Crippen LogP) is 2.36. The van der Waals surface area contributed by atoms with E-state index in [0.717, 1.165) is 0 Å². The van der Waals surface area contributed by atoms with E-state index in [2.05, 4.69) is 14.9 Å². The molecule has 0 saturated heterocycles. The Bertz CT molecular complexity index is 601. The topological polar surface area (TPSA) is 85.5 Å². The zero-order valence-corrected chi connectivity index (χ0v) is 10.1. The molecule has 0 aliphatic heterocycles. The molecule has 0 atom stereocenters. The summed E-state index contributed by atoms with van der Waals surface area (Å²) in [6.07, 6.45) is -0.0863. The highest BCUT2D eigenvalue weighted by atomic mass is 19.3. The SMILES string of the molecule is O=C(O)CCc1nnc(-c2ccccc2OC(F)F)o1. The number of carboxylic acids is 1. The van der Waals surface area contributed by atoms with E-state index in [4.69, 9.17) is 9.52 Å². The van der Waals surface area contributed by atoms with Crippen LogP contribution in [0.15, 0.2) is 28.7 Å². The van der Waals surface area contributed by atoms with Gasteiger partial charge in [-0.15, -0.1) is 10.2 Å². The number of rotatable bonds is 6. The second-order valence-electron chi connectivity index (χ2n) is 3.77. The molecular weight excluding hydrogens is 274 g/mol. The number of hydrogen-bond acceptors (Lipinski definition) is 5. The molecule has 0 amide bonds. The minimum Gasteiger partial charge on any atom is -0.481 e. The number of alkyl halides is 2. The number of carboxylic acid groups (broad SMARTS) is 1. The highest BCUT2D eigenvalue weighted by Gasteiger charge is 2.16. The zero-order chi connectivity index (χ0) is 14.5. The molecule has 0 spiro atoms. The van der Waals surface area contributed by atoms with E-state index in [1.165, 1.54) is 18.2 Å². The lowest BCUT2D eigenvalue weighted by molar-refractivity contribution is -0.137. The van der Waals surface area contributed by atoms with E-state index < -0.39 is 12.6 Å². The summed E-state index contributed by atoms with van der Waals surface area (Å²) in [5.41, 5.74) is 0.224. The Hall–Kier alpha value is -2.51. The van der Waals surface area contributed by atoms with Crippen molar-refractivity contribution in [2.24, 2.45) is 0 Å². The molecule has 0 fully saturated rings. The number of benzene rings is 1. The van der Waals surface area contributed by atoms with Crippen LogP contribution in [0.1, 0.15) is 12.3 Å². The maximum absolute atomic E-state index is 12.3. The molecule has 106 valence electrons. The molecule has 0 saturated carbocycles. The summed E-state index contributed by atoms with van der Waals surface area (Å²) in [6.45, 7) is -2.97. The van der Waals surface area contributed by atoms with Crippen LogP contribution in [-0.2, 0) is 11.2 Å². The van der Waals surface area contributed by atoms with Gasteiger partial charge in [0.25, 0.3) is 5.89 Å². The van der Waals surface area contributed by atoms with Gasteiger partial charge in [-0.2, -0.15) is 8.78 Å². The van der Waals surface area contributed by atoms with Crippen LogP contribution in [0.3, 0.4) is 0 Å². The summed E-state index contributed by atoms with van der Waals surface area (Å²) in [5.74, 6) is -0.960. The molecule has 0 aliphatic carbocycles. The van der Waals surface area contributed by atoms with Crippen LogP contribution >= 0.6 is 0 Å². The van der Waals surface area contributed by atoms with Gasteiger partial charge in [-0.25, -0.2) is 0 Å². The van der Waals surface area contributed by atoms with Crippen LogP contribution in [0, 0.1) is 0 Å². The van der Waals surface area contributed by atoms with Crippen molar-refractivity contribution in [1.82, 2.24) is 10.2 Å². The number of carbonyl (C=O) groups is 1. The van der Waals surface area contributed by atoms with Crippen molar-refractivity contribution in [3.8, 4) is 17.2 Å². The van der Waals surface area contributed by atoms with Gasteiger partial charge in [-0.05, 0) is 12.1 Å². The minimum absolute atomic E-state index is 0.00152. The van der Waals surface area contributed by atoms with E-state index >= 15 is 0 Å². The number of aryl methyl sites for hydroxylation is 1. The summed E-state index contributed by atoms with van der Waals surface area (Å²) in [6, 6.07) is 5.98. The smallest absolute Gasteiger partial charge is 0.387 e. The summed E-state index contributed by atoms with van der Waals surface area (Å²) < 4.78 is 34.1. The van der Waals surface area contributed by atoms with Gasteiger partial charge in [0.15, 0.2) is 0 Å². The molecule has 20 heavy (non-hydrogen) atoms. The average Bonchev–Trinajstić information content (AvgIpc) is 2.85. The average molecular weight is 284 g/mol. The maximum atomic E-state index is 12.3. The first-order chi connectivity index (χ1) is 9.56. The Morgan fingerprint density at radius 3 is 2.80 bits per heavy atom. The van der Waals surface area contributed by atoms with Crippen molar-refractivity contribution in [3.05, 3.63) is 30.2 Å². The first kappa shape index (κ1) is 13.9. The van der Waals surface area contributed by atoms with Gasteiger partial charge in [-0.1, -0.05) is 12.1 Å². The van der Waals surface area contributed by atoms with E-state index in [0.29, 0.717) is 0 Å². The molecule has 1 heterocycles. The highest BCUT2D eigenvalue weighted by molar-refractivity contribution is 5.67. The molecule has 2 aromatic rings. The number of para-hydroxylation sites is 1. The number of hydrogen-bond donors (Lipinski definition) is 1. The highest BCUT2D eigenvalue weighted by Crippen LogP contribution is 2.29. The molecule has 8 heteroatoms. The normalized spacial score (nSPS) is 10.8. The summed E-state index contributed by atoms with van der Waals surface area (Å²) >= 11 is 0. The minimum atomic E-state index is -2.97. The number of halogens is 2. The molecule has 0 aliphatic rings. The van der Waals surface area contributed by atoms with Crippen molar-refractivity contribution < 1.29 is 27.8 Å². The van der Waals surface area contributed by atoms with Crippen molar-refractivity contribution in [2.45, 2.75) is 19.5 Å². The van der Waals surface area contributed by atoms with Crippen LogP contribution in [-0.4, -0.2) is 27.9 Å². The quantitative estimate of drug-likeness (QED) is 0.876. The number of ether oxygens (including phenoxy) is 1. The van der Waals surface area contributed by atoms with Crippen LogP contribution in [0.25, 0.3) is 11.5 Å². The third kappa shape index (κ3) is 3.50. The monoisotopic (exact) mass is 284 g/mol. The Morgan fingerprint density at radius 2 is 2.10 bits per heavy atom. The number of aromatic nitrogens is 2. The van der Waals surface area contributed by atoms with E-state index in [9.17, 15) is 13.6 Å². The molecule has 0 radical (unpaired) electrons. The number of aliphatic carboxylic acids is 1. The van der Waals surface area contributed by atoms with Gasteiger partial charge in [0.05, 0.1) is 12.0 Å². The molecule has 0 bridgehead atoms. The van der Waals surface area contributed by atoms with E-state index in [-0.39, 0.29) is 35.9 Å². The van der Waals surface area contributed by atoms with Gasteiger partial charge >= 0.3 is 12.6 Å². The third-order valence-corrected chi connectivity index (χ3v) is 2.35. The molecule has 1 aromatic carbocycles. The predicted molar refractivity (Wildman–Crippen MR) is 62.3 cm³/mol. The van der Waals surface area contributed by atoms with Crippen molar-refractivity contribution >= 4 is 5.97 Å². The van der Waals surface area contributed by atoms with Gasteiger partial charge in [-0.3, -0.25) is 4.79 Å². The van der Waals surface area contributed by atoms with Crippen LogP contribution in [0.2, 0.25) is 0 Å². The second-order valence-corrected chi connectivity index (χ2v) is 3.77. The van der Waals surface area contributed by atoms with Crippen molar-refractivity contribution in [1.29, 1.82) is 0 Å².